The van der Waals surface area contributed by atoms with E-state index in [2.05, 4.69) is 34.7 Å². The summed E-state index contributed by atoms with van der Waals surface area (Å²) >= 11 is 0. The SMILES string of the molecule is Cn1nc(C(=O)N(CCC(=O)O)C2CC2)cc1NC(=O)OCC1c2ccccc2-c2ccccc21. The molecule has 0 spiro atoms. The summed E-state index contributed by atoms with van der Waals surface area (Å²) in [6.07, 6.45) is 0.935. The van der Waals surface area contributed by atoms with Crippen molar-refractivity contribution < 1.29 is 24.2 Å². The van der Waals surface area contributed by atoms with Gasteiger partial charge >= 0.3 is 12.1 Å². The number of rotatable bonds is 8. The van der Waals surface area contributed by atoms with E-state index in [-0.39, 0.29) is 43.1 Å². The molecule has 0 atom stereocenters. The number of carbonyl (C=O) groups excluding carboxylic acids is 2. The molecule has 2 aliphatic carbocycles. The summed E-state index contributed by atoms with van der Waals surface area (Å²) < 4.78 is 6.98. The average molecular weight is 475 g/mol. The van der Waals surface area contributed by atoms with Gasteiger partial charge in [0.1, 0.15) is 12.4 Å². The van der Waals surface area contributed by atoms with Gasteiger partial charge < -0.3 is 14.7 Å². The number of nitrogens with zero attached hydrogens (tertiary/aromatic N) is 3. The second-order valence-electron chi connectivity index (χ2n) is 8.86. The van der Waals surface area contributed by atoms with E-state index in [1.807, 2.05) is 24.3 Å². The van der Waals surface area contributed by atoms with Gasteiger partial charge in [0, 0.05) is 31.6 Å². The van der Waals surface area contributed by atoms with Gasteiger partial charge in [-0.05, 0) is 35.1 Å². The first kappa shape index (κ1) is 22.6. The van der Waals surface area contributed by atoms with Crippen molar-refractivity contribution in [1.29, 1.82) is 0 Å². The minimum absolute atomic E-state index is 0.0439. The number of anilines is 1. The molecule has 0 saturated heterocycles. The smallest absolute Gasteiger partial charge is 0.412 e. The monoisotopic (exact) mass is 474 g/mol. The predicted octanol–water partition coefficient (Wildman–Crippen LogP) is 3.86. The topological polar surface area (TPSA) is 114 Å². The fourth-order valence-corrected chi connectivity index (χ4v) is 4.63. The van der Waals surface area contributed by atoms with Crippen molar-refractivity contribution in [2.45, 2.75) is 31.2 Å². The number of aryl methyl sites for hydroxylation is 1. The number of benzene rings is 2. The Morgan fingerprint density at radius 3 is 2.31 bits per heavy atom. The summed E-state index contributed by atoms with van der Waals surface area (Å²) in [5, 5.41) is 15.9. The van der Waals surface area contributed by atoms with Gasteiger partial charge in [-0.25, -0.2) is 4.79 Å². The highest BCUT2D eigenvalue weighted by Crippen LogP contribution is 2.44. The van der Waals surface area contributed by atoms with Gasteiger partial charge in [0.2, 0.25) is 0 Å². The molecule has 2 N–H and O–H groups in total. The van der Waals surface area contributed by atoms with E-state index in [0.29, 0.717) is 5.82 Å². The van der Waals surface area contributed by atoms with Crippen LogP contribution in [0.4, 0.5) is 10.6 Å². The third-order valence-electron chi connectivity index (χ3n) is 6.49. The van der Waals surface area contributed by atoms with Gasteiger partial charge in [-0.3, -0.25) is 19.6 Å². The predicted molar refractivity (Wildman–Crippen MR) is 128 cm³/mol. The number of carboxylic acids is 1. The highest BCUT2D eigenvalue weighted by molar-refractivity contribution is 5.95. The van der Waals surface area contributed by atoms with Crippen molar-refractivity contribution in [3.05, 3.63) is 71.4 Å². The number of aromatic nitrogens is 2. The van der Waals surface area contributed by atoms with Crippen LogP contribution >= 0.6 is 0 Å². The number of hydrogen-bond donors (Lipinski definition) is 2. The Labute approximate surface area is 202 Å². The van der Waals surface area contributed by atoms with Crippen LogP contribution in [0.2, 0.25) is 0 Å². The molecule has 2 aliphatic rings. The first-order chi connectivity index (χ1) is 16.9. The molecule has 9 nitrogen and oxygen atoms in total. The van der Waals surface area contributed by atoms with Gasteiger partial charge in [0.15, 0.2) is 5.69 Å². The van der Waals surface area contributed by atoms with Crippen LogP contribution in [0.1, 0.15) is 46.8 Å². The van der Waals surface area contributed by atoms with Crippen molar-refractivity contribution in [3.8, 4) is 11.1 Å². The van der Waals surface area contributed by atoms with E-state index >= 15 is 0 Å². The second kappa shape index (κ2) is 9.25. The van der Waals surface area contributed by atoms with Crippen molar-refractivity contribution in [1.82, 2.24) is 14.7 Å². The number of hydrogen-bond acceptors (Lipinski definition) is 5. The van der Waals surface area contributed by atoms with Gasteiger partial charge in [-0.2, -0.15) is 5.10 Å². The summed E-state index contributed by atoms with van der Waals surface area (Å²) in [5.74, 6) is -1.04. The number of carbonyl (C=O) groups is 3. The van der Waals surface area contributed by atoms with Crippen LogP contribution in [0.3, 0.4) is 0 Å². The van der Waals surface area contributed by atoms with E-state index in [4.69, 9.17) is 9.84 Å². The van der Waals surface area contributed by atoms with Crippen LogP contribution in [0.5, 0.6) is 0 Å². The van der Waals surface area contributed by atoms with Crippen LogP contribution < -0.4 is 5.32 Å². The van der Waals surface area contributed by atoms with Crippen molar-refractivity contribution >= 4 is 23.8 Å². The summed E-state index contributed by atoms with van der Waals surface area (Å²) in [5.41, 5.74) is 4.69. The molecular formula is C26H26N4O5. The molecule has 1 saturated carbocycles. The molecule has 0 radical (unpaired) electrons. The lowest BCUT2D eigenvalue weighted by atomic mass is 9.98. The molecule has 5 rings (SSSR count). The maximum absolute atomic E-state index is 12.9. The molecule has 2 aromatic carbocycles. The van der Waals surface area contributed by atoms with Gasteiger partial charge in [0.05, 0.1) is 6.42 Å². The molecule has 0 bridgehead atoms. The van der Waals surface area contributed by atoms with Crippen molar-refractivity contribution in [2.24, 2.45) is 7.05 Å². The zero-order chi connectivity index (χ0) is 24.5. The molecule has 3 aromatic rings. The third kappa shape index (κ3) is 4.62. The molecule has 9 heteroatoms. The molecular weight excluding hydrogens is 448 g/mol. The highest BCUT2D eigenvalue weighted by atomic mass is 16.5. The summed E-state index contributed by atoms with van der Waals surface area (Å²) in [7, 11) is 1.62. The zero-order valence-corrected chi connectivity index (χ0v) is 19.3. The van der Waals surface area contributed by atoms with Crippen LogP contribution in [-0.4, -0.2) is 57.0 Å². The number of carboxylic acid groups (broad SMARTS) is 1. The number of aliphatic carboxylic acids is 1. The van der Waals surface area contributed by atoms with Crippen LogP contribution in [0.15, 0.2) is 54.6 Å². The first-order valence-corrected chi connectivity index (χ1v) is 11.6. The van der Waals surface area contributed by atoms with Gasteiger partial charge in [-0.15, -0.1) is 0 Å². The minimum atomic E-state index is -0.956. The largest absolute Gasteiger partial charge is 0.481 e. The van der Waals surface area contributed by atoms with Crippen molar-refractivity contribution in [3.63, 3.8) is 0 Å². The van der Waals surface area contributed by atoms with E-state index in [0.717, 1.165) is 35.1 Å². The Balaban J connectivity index is 1.24. The lowest BCUT2D eigenvalue weighted by molar-refractivity contribution is -0.137. The average Bonchev–Trinajstić information content (AvgIpc) is 3.55. The lowest BCUT2D eigenvalue weighted by Gasteiger charge is -2.20. The van der Waals surface area contributed by atoms with E-state index in [9.17, 15) is 14.4 Å². The summed E-state index contributed by atoms with van der Waals surface area (Å²) in [4.78, 5) is 38.1. The van der Waals surface area contributed by atoms with E-state index < -0.39 is 12.1 Å². The number of fused-ring (bicyclic) bond motifs is 3. The van der Waals surface area contributed by atoms with E-state index in [1.165, 1.54) is 10.7 Å². The van der Waals surface area contributed by atoms with E-state index in [1.54, 1.807) is 11.9 Å². The second-order valence-corrected chi connectivity index (χ2v) is 8.86. The maximum Gasteiger partial charge on any atom is 0.412 e. The standard InChI is InChI=1S/C26H26N4O5/c1-29-23(14-22(28-29)25(33)30(16-10-11-16)13-12-24(31)32)27-26(34)35-15-21-19-8-4-2-6-17(19)18-7-3-5-9-20(18)21/h2-9,14,16,21H,10-13,15H2,1H3,(H,27,34)(H,31,32). The molecule has 0 aliphatic heterocycles. The van der Waals surface area contributed by atoms with Crippen LogP contribution in [0, 0.1) is 0 Å². The number of ether oxygens (including phenoxy) is 1. The number of amides is 2. The van der Waals surface area contributed by atoms with Crippen LogP contribution in [-0.2, 0) is 16.6 Å². The van der Waals surface area contributed by atoms with Crippen LogP contribution in [0.25, 0.3) is 11.1 Å². The molecule has 1 aromatic heterocycles. The maximum atomic E-state index is 12.9. The fourth-order valence-electron chi connectivity index (χ4n) is 4.63. The van der Waals surface area contributed by atoms with Crippen molar-refractivity contribution in [2.75, 3.05) is 18.5 Å². The molecule has 1 heterocycles. The Morgan fingerprint density at radius 2 is 1.71 bits per heavy atom. The highest BCUT2D eigenvalue weighted by Gasteiger charge is 2.34. The Morgan fingerprint density at radius 1 is 1.09 bits per heavy atom. The Hall–Kier alpha value is -4.14. The first-order valence-electron chi connectivity index (χ1n) is 11.6. The molecule has 2 amide bonds. The fraction of sp³-hybridized carbons (Fsp3) is 0.308. The molecule has 35 heavy (non-hydrogen) atoms. The van der Waals surface area contributed by atoms with Gasteiger partial charge in [-0.1, -0.05) is 48.5 Å². The minimum Gasteiger partial charge on any atom is -0.481 e. The molecule has 0 unspecified atom stereocenters. The Kier molecular flexibility index (Phi) is 5.98. The van der Waals surface area contributed by atoms with Gasteiger partial charge in [0.25, 0.3) is 5.91 Å². The summed E-state index contributed by atoms with van der Waals surface area (Å²) in [6, 6.07) is 17.7. The summed E-state index contributed by atoms with van der Waals surface area (Å²) in [6.45, 7) is 0.304. The quantitative estimate of drug-likeness (QED) is 0.513. The molecule has 1 fully saturated rings. The number of nitrogens with one attached hydrogen (secondary N) is 1. The zero-order valence-electron chi connectivity index (χ0n) is 19.3. The normalized spacial score (nSPS) is 14.2. The molecule has 180 valence electrons. The third-order valence-corrected chi connectivity index (χ3v) is 6.49. The lowest BCUT2D eigenvalue weighted by Crippen LogP contribution is -2.35. The Bertz CT molecular complexity index is 1250.